The SMILES string of the molecule is CCN1CCC(CCONC)CC1. The largest absolute Gasteiger partial charge is 0.304 e. The Morgan fingerprint density at radius 1 is 1.38 bits per heavy atom. The molecule has 1 heterocycles. The van der Waals surface area contributed by atoms with Crippen LogP contribution in [0.4, 0.5) is 0 Å². The predicted molar refractivity (Wildman–Crippen MR) is 54.5 cm³/mol. The van der Waals surface area contributed by atoms with Crippen LogP contribution in [0.5, 0.6) is 0 Å². The second-order valence-electron chi connectivity index (χ2n) is 3.72. The van der Waals surface area contributed by atoms with Crippen LogP contribution < -0.4 is 5.48 Å². The Balaban J connectivity index is 2.03. The Kier molecular flexibility index (Phi) is 5.35. The average molecular weight is 186 g/mol. The van der Waals surface area contributed by atoms with Gasteiger partial charge in [-0.05, 0) is 44.8 Å². The van der Waals surface area contributed by atoms with Gasteiger partial charge in [-0.15, -0.1) is 0 Å². The number of hydrogen-bond acceptors (Lipinski definition) is 3. The number of piperidine rings is 1. The Bertz CT molecular complexity index is 119. The fourth-order valence-electron chi connectivity index (χ4n) is 1.92. The van der Waals surface area contributed by atoms with Gasteiger partial charge in [0.1, 0.15) is 0 Å². The molecule has 3 heteroatoms. The molecule has 0 aliphatic carbocycles. The van der Waals surface area contributed by atoms with Gasteiger partial charge in [0.25, 0.3) is 0 Å². The summed E-state index contributed by atoms with van der Waals surface area (Å²) in [5, 5.41) is 0. The van der Waals surface area contributed by atoms with Gasteiger partial charge in [-0.3, -0.25) is 0 Å². The van der Waals surface area contributed by atoms with Gasteiger partial charge in [-0.1, -0.05) is 6.92 Å². The van der Waals surface area contributed by atoms with Crippen LogP contribution in [0.3, 0.4) is 0 Å². The molecule has 1 aliphatic rings. The molecule has 0 radical (unpaired) electrons. The van der Waals surface area contributed by atoms with E-state index in [0.717, 1.165) is 12.5 Å². The third kappa shape index (κ3) is 4.07. The second kappa shape index (κ2) is 6.35. The molecule has 0 aromatic heterocycles. The normalized spacial score (nSPS) is 20.8. The molecule has 0 aromatic rings. The summed E-state index contributed by atoms with van der Waals surface area (Å²) in [7, 11) is 1.82. The van der Waals surface area contributed by atoms with Crippen molar-refractivity contribution in [3.63, 3.8) is 0 Å². The minimum atomic E-state index is 0.854. The average Bonchev–Trinajstić information content (AvgIpc) is 2.19. The fourth-order valence-corrected chi connectivity index (χ4v) is 1.92. The first-order chi connectivity index (χ1) is 6.36. The summed E-state index contributed by atoms with van der Waals surface area (Å²) in [6, 6.07) is 0. The molecule has 0 aromatic carbocycles. The molecule has 1 fully saturated rings. The lowest BCUT2D eigenvalue weighted by Crippen LogP contribution is -2.33. The van der Waals surface area contributed by atoms with Gasteiger partial charge < -0.3 is 9.74 Å². The van der Waals surface area contributed by atoms with Crippen LogP contribution in [0.1, 0.15) is 26.2 Å². The first-order valence-electron chi connectivity index (χ1n) is 5.37. The molecule has 1 N–H and O–H groups in total. The number of rotatable bonds is 5. The predicted octanol–water partition coefficient (Wildman–Crippen LogP) is 1.26. The van der Waals surface area contributed by atoms with Gasteiger partial charge in [-0.25, -0.2) is 5.48 Å². The van der Waals surface area contributed by atoms with Crippen molar-refractivity contribution in [1.82, 2.24) is 10.4 Å². The number of nitrogens with zero attached hydrogens (tertiary/aromatic N) is 1. The van der Waals surface area contributed by atoms with Crippen molar-refractivity contribution >= 4 is 0 Å². The zero-order chi connectivity index (χ0) is 9.52. The first kappa shape index (κ1) is 11.0. The molecular formula is C10H22N2O. The molecule has 0 bridgehead atoms. The smallest absolute Gasteiger partial charge is 0.0684 e. The van der Waals surface area contributed by atoms with E-state index in [0.29, 0.717) is 0 Å². The highest BCUT2D eigenvalue weighted by molar-refractivity contribution is 4.70. The minimum absolute atomic E-state index is 0.854. The summed E-state index contributed by atoms with van der Waals surface area (Å²) in [5.74, 6) is 0.885. The van der Waals surface area contributed by atoms with E-state index in [2.05, 4.69) is 17.3 Å². The van der Waals surface area contributed by atoms with Crippen molar-refractivity contribution in [2.75, 3.05) is 33.3 Å². The van der Waals surface area contributed by atoms with Crippen molar-refractivity contribution in [3.8, 4) is 0 Å². The maximum atomic E-state index is 5.13. The lowest BCUT2D eigenvalue weighted by Gasteiger charge is -2.30. The van der Waals surface area contributed by atoms with Crippen LogP contribution in [0.2, 0.25) is 0 Å². The van der Waals surface area contributed by atoms with Gasteiger partial charge in [0.15, 0.2) is 0 Å². The molecule has 3 nitrogen and oxygen atoms in total. The van der Waals surface area contributed by atoms with E-state index in [1.54, 1.807) is 0 Å². The Hall–Kier alpha value is -0.120. The van der Waals surface area contributed by atoms with Gasteiger partial charge in [-0.2, -0.15) is 0 Å². The molecule has 0 spiro atoms. The number of hydroxylamine groups is 1. The van der Waals surface area contributed by atoms with Crippen LogP contribution in [0, 0.1) is 5.92 Å². The van der Waals surface area contributed by atoms with Crippen molar-refractivity contribution < 1.29 is 4.84 Å². The molecule has 13 heavy (non-hydrogen) atoms. The molecule has 1 rings (SSSR count). The zero-order valence-electron chi connectivity index (χ0n) is 8.88. The number of hydrogen-bond donors (Lipinski definition) is 1. The monoisotopic (exact) mass is 186 g/mol. The molecule has 0 saturated carbocycles. The van der Waals surface area contributed by atoms with E-state index in [9.17, 15) is 0 Å². The molecule has 0 atom stereocenters. The van der Waals surface area contributed by atoms with Crippen molar-refractivity contribution in [2.45, 2.75) is 26.2 Å². The minimum Gasteiger partial charge on any atom is -0.304 e. The van der Waals surface area contributed by atoms with Gasteiger partial charge in [0, 0.05) is 7.05 Å². The van der Waals surface area contributed by atoms with Gasteiger partial charge in [0.2, 0.25) is 0 Å². The summed E-state index contributed by atoms with van der Waals surface area (Å²) in [6.45, 7) is 6.86. The Labute approximate surface area is 81.4 Å². The lowest BCUT2D eigenvalue weighted by atomic mass is 9.94. The fraction of sp³-hybridized carbons (Fsp3) is 1.00. The Morgan fingerprint density at radius 2 is 2.08 bits per heavy atom. The summed E-state index contributed by atoms with van der Waals surface area (Å²) >= 11 is 0. The number of nitrogens with one attached hydrogen (secondary N) is 1. The van der Waals surface area contributed by atoms with Crippen LogP contribution >= 0.6 is 0 Å². The summed E-state index contributed by atoms with van der Waals surface area (Å²) in [6.07, 6.45) is 3.90. The maximum absolute atomic E-state index is 5.13. The second-order valence-corrected chi connectivity index (χ2v) is 3.72. The van der Waals surface area contributed by atoms with E-state index < -0.39 is 0 Å². The standard InChI is InChI=1S/C10H22N2O/c1-3-12-7-4-10(5-8-12)6-9-13-11-2/h10-11H,3-9H2,1-2H3. The quantitative estimate of drug-likeness (QED) is 0.517. The summed E-state index contributed by atoms with van der Waals surface area (Å²) in [4.78, 5) is 7.65. The van der Waals surface area contributed by atoms with Gasteiger partial charge in [0.05, 0.1) is 6.61 Å². The topological polar surface area (TPSA) is 24.5 Å². The third-order valence-corrected chi connectivity index (χ3v) is 2.93. The molecule has 0 amide bonds. The zero-order valence-corrected chi connectivity index (χ0v) is 8.88. The summed E-state index contributed by atoms with van der Waals surface area (Å²) < 4.78 is 0. The molecule has 0 unspecified atom stereocenters. The highest BCUT2D eigenvalue weighted by Gasteiger charge is 2.17. The Morgan fingerprint density at radius 3 is 2.62 bits per heavy atom. The third-order valence-electron chi connectivity index (χ3n) is 2.93. The van der Waals surface area contributed by atoms with Gasteiger partial charge >= 0.3 is 0 Å². The van der Waals surface area contributed by atoms with E-state index in [-0.39, 0.29) is 0 Å². The lowest BCUT2D eigenvalue weighted by molar-refractivity contribution is 0.0414. The van der Waals surface area contributed by atoms with E-state index in [4.69, 9.17) is 4.84 Å². The van der Waals surface area contributed by atoms with Crippen molar-refractivity contribution in [3.05, 3.63) is 0 Å². The maximum Gasteiger partial charge on any atom is 0.0684 e. The van der Waals surface area contributed by atoms with Crippen molar-refractivity contribution in [2.24, 2.45) is 5.92 Å². The molecule has 1 saturated heterocycles. The highest BCUT2D eigenvalue weighted by Crippen LogP contribution is 2.19. The van der Waals surface area contributed by atoms with E-state index in [1.807, 2.05) is 7.05 Å². The molecule has 1 aliphatic heterocycles. The first-order valence-corrected chi connectivity index (χ1v) is 5.37. The molecular weight excluding hydrogens is 164 g/mol. The van der Waals surface area contributed by atoms with Crippen molar-refractivity contribution in [1.29, 1.82) is 0 Å². The van der Waals surface area contributed by atoms with Crippen LogP contribution in [-0.4, -0.2) is 38.2 Å². The molecule has 78 valence electrons. The summed E-state index contributed by atoms with van der Waals surface area (Å²) in [5.41, 5.74) is 2.72. The van der Waals surface area contributed by atoms with Crippen LogP contribution in [-0.2, 0) is 4.84 Å². The number of likely N-dealkylation sites (tertiary alicyclic amines) is 1. The van der Waals surface area contributed by atoms with Crippen LogP contribution in [0.15, 0.2) is 0 Å². The van der Waals surface area contributed by atoms with Crippen LogP contribution in [0.25, 0.3) is 0 Å². The van der Waals surface area contributed by atoms with E-state index >= 15 is 0 Å². The highest BCUT2D eigenvalue weighted by atomic mass is 16.6. The van der Waals surface area contributed by atoms with E-state index in [1.165, 1.54) is 38.9 Å².